The number of rotatable bonds is 5. The maximum absolute atomic E-state index is 13.4. The minimum atomic E-state index is -0.424. The number of halogens is 2. The fraction of sp³-hybridized carbons (Fsp3) is 0.600. The third-order valence-electron chi connectivity index (χ3n) is 3.52. The molecule has 0 bridgehead atoms. The second kappa shape index (κ2) is 6.58. The van der Waals surface area contributed by atoms with Crippen molar-refractivity contribution in [2.45, 2.75) is 32.8 Å². The van der Waals surface area contributed by atoms with Crippen molar-refractivity contribution < 1.29 is 9.13 Å². The van der Waals surface area contributed by atoms with E-state index in [2.05, 4.69) is 19.2 Å². The van der Waals surface area contributed by atoms with Gasteiger partial charge in [0.1, 0.15) is 22.7 Å². The highest BCUT2D eigenvalue weighted by Crippen LogP contribution is 2.31. The Labute approximate surface area is 119 Å². The summed E-state index contributed by atoms with van der Waals surface area (Å²) in [7, 11) is 0. The van der Waals surface area contributed by atoms with E-state index in [1.54, 1.807) is 12.1 Å². The molecule has 2 nitrogen and oxygen atoms in total. The van der Waals surface area contributed by atoms with Crippen LogP contribution in [0.15, 0.2) is 18.2 Å². The van der Waals surface area contributed by atoms with Gasteiger partial charge in [0.25, 0.3) is 0 Å². The summed E-state index contributed by atoms with van der Waals surface area (Å²) in [5, 5.41) is 3.44. The zero-order chi connectivity index (χ0) is 13.8. The zero-order valence-electron chi connectivity index (χ0n) is 11.5. The quantitative estimate of drug-likeness (QED) is 0.886. The summed E-state index contributed by atoms with van der Waals surface area (Å²) in [6, 6.07) is 4.72. The number of benzene rings is 1. The molecule has 0 saturated carbocycles. The normalized spacial score (nSPS) is 20.8. The molecule has 0 aliphatic carbocycles. The largest absolute Gasteiger partial charge is 0.488 e. The predicted molar refractivity (Wildman–Crippen MR) is 76.3 cm³/mol. The fourth-order valence-corrected chi connectivity index (χ4v) is 2.70. The first-order chi connectivity index (χ1) is 9.08. The van der Waals surface area contributed by atoms with Gasteiger partial charge in [0.05, 0.1) is 0 Å². The van der Waals surface area contributed by atoms with Crippen LogP contribution in [-0.2, 0) is 0 Å². The van der Waals surface area contributed by atoms with Crippen LogP contribution in [0.4, 0.5) is 4.39 Å². The van der Waals surface area contributed by atoms with Crippen LogP contribution in [0, 0.1) is 17.7 Å². The number of hydrogen-bond acceptors (Lipinski definition) is 2. The van der Waals surface area contributed by atoms with E-state index in [4.69, 9.17) is 16.3 Å². The number of nitrogens with one attached hydrogen (secondary N) is 1. The first-order valence-electron chi connectivity index (χ1n) is 6.89. The average molecular weight is 286 g/mol. The molecule has 0 aromatic heterocycles. The van der Waals surface area contributed by atoms with E-state index in [1.165, 1.54) is 6.07 Å². The first kappa shape index (κ1) is 14.6. The maximum atomic E-state index is 13.4. The molecule has 1 aromatic rings. The summed E-state index contributed by atoms with van der Waals surface area (Å²) in [5.74, 6) is 1.05. The van der Waals surface area contributed by atoms with Gasteiger partial charge in [0.2, 0.25) is 0 Å². The van der Waals surface area contributed by atoms with Gasteiger partial charge in [-0.1, -0.05) is 31.5 Å². The molecule has 19 heavy (non-hydrogen) atoms. The minimum absolute atomic E-state index is 0.0854. The Hall–Kier alpha value is -0.800. The highest BCUT2D eigenvalue weighted by Gasteiger charge is 2.28. The Balaban J connectivity index is 2.12. The molecule has 0 spiro atoms. The van der Waals surface area contributed by atoms with Crippen LogP contribution in [-0.4, -0.2) is 19.2 Å². The fourth-order valence-electron chi connectivity index (χ4n) is 2.53. The molecule has 1 fully saturated rings. The van der Waals surface area contributed by atoms with Crippen molar-refractivity contribution in [1.82, 2.24) is 5.32 Å². The zero-order valence-corrected chi connectivity index (χ0v) is 12.2. The second-order valence-corrected chi connectivity index (χ2v) is 5.97. The van der Waals surface area contributed by atoms with Gasteiger partial charge < -0.3 is 10.1 Å². The Morgan fingerprint density at radius 3 is 2.89 bits per heavy atom. The van der Waals surface area contributed by atoms with Crippen molar-refractivity contribution in [3.63, 3.8) is 0 Å². The van der Waals surface area contributed by atoms with E-state index in [0.717, 1.165) is 25.9 Å². The Morgan fingerprint density at radius 1 is 1.47 bits per heavy atom. The van der Waals surface area contributed by atoms with Crippen LogP contribution < -0.4 is 10.1 Å². The average Bonchev–Trinajstić information content (AvgIpc) is 2.87. The van der Waals surface area contributed by atoms with Crippen molar-refractivity contribution in [2.24, 2.45) is 11.8 Å². The molecule has 2 rings (SSSR count). The van der Waals surface area contributed by atoms with E-state index in [-0.39, 0.29) is 11.1 Å². The minimum Gasteiger partial charge on any atom is -0.488 e. The van der Waals surface area contributed by atoms with Crippen LogP contribution in [0.3, 0.4) is 0 Å². The summed E-state index contributed by atoms with van der Waals surface area (Å²) in [5.41, 5.74) is 0. The Morgan fingerprint density at radius 2 is 2.26 bits per heavy atom. The molecule has 1 N–H and O–H groups in total. The summed E-state index contributed by atoms with van der Waals surface area (Å²) < 4.78 is 19.5. The molecule has 2 atom stereocenters. The van der Waals surface area contributed by atoms with Gasteiger partial charge in [-0.05, 0) is 37.4 Å². The predicted octanol–water partition coefficient (Wildman–Crippen LogP) is 3.88. The molecule has 106 valence electrons. The van der Waals surface area contributed by atoms with Crippen LogP contribution in [0.1, 0.15) is 26.7 Å². The molecule has 4 heteroatoms. The Kier molecular flexibility index (Phi) is 5.06. The molecule has 1 aliphatic heterocycles. The van der Waals surface area contributed by atoms with Crippen LogP contribution >= 0.6 is 11.6 Å². The number of hydrogen-bond donors (Lipinski definition) is 1. The molecular formula is C15H21ClFNO. The molecule has 0 radical (unpaired) electrons. The third-order valence-corrected chi connectivity index (χ3v) is 3.89. The smallest absolute Gasteiger partial charge is 0.145 e. The SMILES string of the molecule is CC(C)C[C@H](Oc1cccc(F)c1Cl)[C@@H]1CCNC1. The molecule has 1 heterocycles. The van der Waals surface area contributed by atoms with Crippen LogP contribution in [0.5, 0.6) is 5.75 Å². The lowest BCUT2D eigenvalue weighted by Gasteiger charge is -2.26. The van der Waals surface area contributed by atoms with E-state index in [9.17, 15) is 4.39 Å². The molecule has 0 unspecified atom stereocenters. The molecule has 1 saturated heterocycles. The van der Waals surface area contributed by atoms with E-state index in [0.29, 0.717) is 17.6 Å². The highest BCUT2D eigenvalue weighted by molar-refractivity contribution is 6.32. The van der Waals surface area contributed by atoms with E-state index < -0.39 is 5.82 Å². The summed E-state index contributed by atoms with van der Waals surface area (Å²) in [6.45, 7) is 6.33. The monoisotopic (exact) mass is 285 g/mol. The number of ether oxygens (including phenoxy) is 1. The second-order valence-electron chi connectivity index (χ2n) is 5.59. The van der Waals surface area contributed by atoms with Crippen LogP contribution in [0.25, 0.3) is 0 Å². The summed E-state index contributed by atoms with van der Waals surface area (Å²) in [6.07, 6.45) is 2.15. The lowest BCUT2D eigenvalue weighted by atomic mass is 9.93. The van der Waals surface area contributed by atoms with E-state index >= 15 is 0 Å². The summed E-state index contributed by atoms with van der Waals surface area (Å²) in [4.78, 5) is 0. The Bertz CT molecular complexity index is 419. The third kappa shape index (κ3) is 3.83. The van der Waals surface area contributed by atoms with Gasteiger partial charge in [-0.3, -0.25) is 0 Å². The molecular weight excluding hydrogens is 265 g/mol. The van der Waals surface area contributed by atoms with Gasteiger partial charge in [-0.25, -0.2) is 4.39 Å². The molecule has 0 amide bonds. The van der Waals surface area contributed by atoms with Crippen molar-refractivity contribution in [1.29, 1.82) is 0 Å². The standard InChI is InChI=1S/C15H21ClFNO/c1-10(2)8-14(11-6-7-18-9-11)19-13-5-3-4-12(17)15(13)16/h3-5,10-11,14,18H,6-9H2,1-2H3/t11-,14+/m1/s1. The van der Waals surface area contributed by atoms with Crippen molar-refractivity contribution in [3.8, 4) is 5.75 Å². The lowest BCUT2D eigenvalue weighted by Crippen LogP contribution is -2.30. The topological polar surface area (TPSA) is 21.3 Å². The van der Waals surface area contributed by atoms with E-state index in [1.807, 2.05) is 0 Å². The lowest BCUT2D eigenvalue weighted by molar-refractivity contribution is 0.119. The first-order valence-corrected chi connectivity index (χ1v) is 7.27. The van der Waals surface area contributed by atoms with Crippen LogP contribution in [0.2, 0.25) is 5.02 Å². The van der Waals surface area contributed by atoms with Crippen molar-refractivity contribution >= 4 is 11.6 Å². The van der Waals surface area contributed by atoms with Gasteiger partial charge in [-0.15, -0.1) is 0 Å². The summed E-state index contributed by atoms with van der Waals surface area (Å²) >= 11 is 5.96. The highest BCUT2D eigenvalue weighted by atomic mass is 35.5. The van der Waals surface area contributed by atoms with Gasteiger partial charge in [0.15, 0.2) is 0 Å². The van der Waals surface area contributed by atoms with Gasteiger partial charge in [-0.2, -0.15) is 0 Å². The van der Waals surface area contributed by atoms with Crippen molar-refractivity contribution in [2.75, 3.05) is 13.1 Å². The van der Waals surface area contributed by atoms with Crippen molar-refractivity contribution in [3.05, 3.63) is 29.0 Å². The van der Waals surface area contributed by atoms with Gasteiger partial charge >= 0.3 is 0 Å². The maximum Gasteiger partial charge on any atom is 0.145 e. The molecule has 1 aliphatic rings. The van der Waals surface area contributed by atoms with Gasteiger partial charge in [0, 0.05) is 12.5 Å². The molecule has 1 aromatic carbocycles.